The Labute approximate surface area is 211 Å². The lowest BCUT2D eigenvalue weighted by Crippen LogP contribution is -2.48. The number of nitrogens with one attached hydrogen (secondary N) is 1. The molecule has 2 fully saturated rings. The molecule has 8 heteroatoms. The topological polar surface area (TPSA) is 65.0 Å². The van der Waals surface area contributed by atoms with Crippen LogP contribution in [0.5, 0.6) is 5.75 Å². The van der Waals surface area contributed by atoms with Gasteiger partial charge in [0.1, 0.15) is 11.9 Å². The molecule has 1 unspecified atom stereocenters. The number of amides is 1. The molecule has 0 radical (unpaired) electrons. The van der Waals surface area contributed by atoms with Crippen LogP contribution >= 0.6 is 23.2 Å². The first-order valence-electron chi connectivity index (χ1n) is 11.7. The molecule has 1 amide bonds. The van der Waals surface area contributed by atoms with E-state index in [2.05, 4.69) is 21.7 Å². The molecule has 34 heavy (non-hydrogen) atoms. The van der Waals surface area contributed by atoms with Gasteiger partial charge < -0.3 is 25.0 Å². The maximum atomic E-state index is 13.3. The van der Waals surface area contributed by atoms with Gasteiger partial charge in [-0.05, 0) is 74.3 Å². The van der Waals surface area contributed by atoms with E-state index < -0.39 is 12.1 Å². The molecule has 3 atom stereocenters. The number of aliphatic hydroxyl groups is 1. The van der Waals surface area contributed by atoms with Crippen LogP contribution in [0.3, 0.4) is 0 Å². The first kappa shape index (κ1) is 24.9. The third-order valence-electron chi connectivity index (χ3n) is 6.62. The number of ether oxygens (including phenoxy) is 1. The number of carbonyl (C=O) groups excluding carboxylic acids is 1. The number of anilines is 1. The Hall–Kier alpha value is -2.25. The summed E-state index contributed by atoms with van der Waals surface area (Å²) in [6.45, 7) is 7.52. The number of nitrogens with zero attached hydrogens (tertiary/aromatic N) is 2. The van der Waals surface area contributed by atoms with E-state index in [9.17, 15) is 9.90 Å². The average molecular weight is 504 g/mol. The lowest BCUT2D eigenvalue weighted by Gasteiger charge is -2.30. The van der Waals surface area contributed by atoms with Crippen molar-refractivity contribution in [3.63, 3.8) is 0 Å². The second-order valence-electron chi connectivity index (χ2n) is 8.95. The van der Waals surface area contributed by atoms with Crippen molar-refractivity contribution in [2.24, 2.45) is 5.92 Å². The quantitative estimate of drug-likeness (QED) is 0.487. The fraction of sp³-hybridized carbons (Fsp3) is 0.423. The summed E-state index contributed by atoms with van der Waals surface area (Å²) in [7, 11) is 0. The molecule has 0 aliphatic carbocycles. The van der Waals surface area contributed by atoms with E-state index in [0.717, 1.165) is 44.6 Å². The summed E-state index contributed by atoms with van der Waals surface area (Å²) in [4.78, 5) is 17.7. The number of likely N-dealkylation sites (tertiary alicyclic amines) is 1. The van der Waals surface area contributed by atoms with Crippen LogP contribution < -0.4 is 15.0 Å². The van der Waals surface area contributed by atoms with Gasteiger partial charge in [-0.1, -0.05) is 35.8 Å². The van der Waals surface area contributed by atoms with E-state index in [0.29, 0.717) is 34.4 Å². The minimum Gasteiger partial charge on any atom is -0.464 e. The maximum Gasteiger partial charge on any atom is 0.225 e. The van der Waals surface area contributed by atoms with Gasteiger partial charge in [0, 0.05) is 30.3 Å². The summed E-state index contributed by atoms with van der Waals surface area (Å²) in [5.41, 5.74) is 1.70. The van der Waals surface area contributed by atoms with Crippen LogP contribution in [0.1, 0.15) is 30.9 Å². The summed E-state index contributed by atoms with van der Waals surface area (Å²) in [6, 6.07) is 12.4. The zero-order valence-corrected chi connectivity index (χ0v) is 20.6. The van der Waals surface area contributed by atoms with Gasteiger partial charge >= 0.3 is 0 Å². The zero-order chi connectivity index (χ0) is 24.1. The molecule has 6 nitrogen and oxygen atoms in total. The lowest BCUT2D eigenvalue weighted by atomic mass is 10.00. The highest BCUT2D eigenvalue weighted by Gasteiger charge is 2.33. The summed E-state index contributed by atoms with van der Waals surface area (Å²) in [6.07, 6.45) is 3.45. The Morgan fingerprint density at radius 2 is 1.91 bits per heavy atom. The molecule has 2 aliphatic rings. The number of rotatable bonds is 9. The van der Waals surface area contributed by atoms with Crippen molar-refractivity contribution >= 4 is 34.8 Å². The van der Waals surface area contributed by atoms with Gasteiger partial charge in [-0.3, -0.25) is 4.79 Å². The van der Waals surface area contributed by atoms with Crippen molar-refractivity contribution in [3.8, 4) is 5.75 Å². The Morgan fingerprint density at radius 3 is 2.59 bits per heavy atom. The van der Waals surface area contributed by atoms with Crippen LogP contribution in [-0.4, -0.2) is 54.7 Å². The standard InChI is InChI=1S/C26H31Cl2N3O3/c1-2-34-24-10-5-18(15-22(24)28)25(32)23(17-30-12-3-4-13-30)29-26(33)19-11-14-31(16-19)21-8-6-20(27)7-9-21/h2,5-10,15,19,23,25,32H,1,3-4,11-14,16-17H2,(H,29,33)/t19?,23-,25-/m1/s1. The third-order valence-corrected chi connectivity index (χ3v) is 7.17. The molecule has 2 N–H and O–H groups in total. The van der Waals surface area contributed by atoms with Crippen LogP contribution in [0, 0.1) is 5.92 Å². The molecule has 2 aromatic carbocycles. The molecular formula is C26H31Cl2N3O3. The highest BCUT2D eigenvalue weighted by Crippen LogP contribution is 2.30. The van der Waals surface area contributed by atoms with Gasteiger partial charge in [-0.15, -0.1) is 0 Å². The summed E-state index contributed by atoms with van der Waals surface area (Å²) in [5, 5.41) is 15.5. The second kappa shape index (κ2) is 11.5. The van der Waals surface area contributed by atoms with Gasteiger partial charge in [0.05, 0.1) is 23.2 Å². The third kappa shape index (κ3) is 6.05. The number of halogens is 2. The monoisotopic (exact) mass is 503 g/mol. The Balaban J connectivity index is 1.45. The van der Waals surface area contributed by atoms with Gasteiger partial charge in [-0.2, -0.15) is 0 Å². The maximum absolute atomic E-state index is 13.3. The van der Waals surface area contributed by atoms with Gasteiger partial charge in [0.2, 0.25) is 5.91 Å². The number of aliphatic hydroxyl groups excluding tert-OH is 1. The van der Waals surface area contributed by atoms with E-state index >= 15 is 0 Å². The summed E-state index contributed by atoms with van der Waals surface area (Å²) >= 11 is 12.3. The van der Waals surface area contributed by atoms with Crippen LogP contribution in [0.4, 0.5) is 5.69 Å². The summed E-state index contributed by atoms with van der Waals surface area (Å²) < 4.78 is 5.28. The molecule has 2 saturated heterocycles. The number of hydrogen-bond acceptors (Lipinski definition) is 5. The fourth-order valence-corrected chi connectivity index (χ4v) is 5.11. The molecule has 182 valence electrons. The highest BCUT2D eigenvalue weighted by molar-refractivity contribution is 6.32. The molecule has 0 aromatic heterocycles. The van der Waals surface area contributed by atoms with E-state index in [4.69, 9.17) is 27.9 Å². The normalized spacial score (nSPS) is 20.2. The molecule has 0 bridgehead atoms. The molecule has 4 rings (SSSR count). The predicted octanol–water partition coefficient (Wildman–Crippen LogP) is 4.66. The first-order valence-corrected chi connectivity index (χ1v) is 12.5. The van der Waals surface area contributed by atoms with Gasteiger partial charge in [0.25, 0.3) is 0 Å². The molecule has 2 aliphatic heterocycles. The molecule has 2 aromatic rings. The lowest BCUT2D eigenvalue weighted by molar-refractivity contribution is -0.126. The minimum atomic E-state index is -0.895. The van der Waals surface area contributed by atoms with Crippen molar-refractivity contribution < 1.29 is 14.6 Å². The van der Waals surface area contributed by atoms with Gasteiger partial charge in [0.15, 0.2) is 0 Å². The van der Waals surface area contributed by atoms with Crippen LogP contribution in [-0.2, 0) is 4.79 Å². The largest absolute Gasteiger partial charge is 0.464 e. The highest BCUT2D eigenvalue weighted by atomic mass is 35.5. The van der Waals surface area contributed by atoms with Crippen LogP contribution in [0.25, 0.3) is 0 Å². The molecule has 0 saturated carbocycles. The average Bonchev–Trinajstić information content (AvgIpc) is 3.53. The Bertz CT molecular complexity index is 995. The number of carbonyl (C=O) groups is 1. The van der Waals surface area contributed by atoms with Crippen LogP contribution in [0.2, 0.25) is 10.0 Å². The minimum absolute atomic E-state index is 0.0302. The smallest absolute Gasteiger partial charge is 0.225 e. The SMILES string of the molecule is C=COc1ccc([C@@H](O)[C@@H](CN2CCCC2)NC(=O)C2CCN(c3ccc(Cl)cc3)C2)cc1Cl. The number of hydrogen-bond donors (Lipinski definition) is 2. The van der Waals surface area contributed by atoms with Crippen molar-refractivity contribution in [3.05, 3.63) is 70.9 Å². The van der Waals surface area contributed by atoms with Crippen molar-refractivity contribution in [1.29, 1.82) is 0 Å². The number of benzene rings is 2. The van der Waals surface area contributed by atoms with Crippen molar-refractivity contribution in [2.45, 2.75) is 31.4 Å². The van der Waals surface area contributed by atoms with Crippen LogP contribution in [0.15, 0.2) is 55.3 Å². The molecule has 0 spiro atoms. The fourth-order valence-electron chi connectivity index (χ4n) is 4.75. The van der Waals surface area contributed by atoms with E-state index in [1.807, 2.05) is 24.3 Å². The van der Waals surface area contributed by atoms with E-state index in [-0.39, 0.29) is 11.8 Å². The van der Waals surface area contributed by atoms with Crippen molar-refractivity contribution in [2.75, 3.05) is 37.6 Å². The zero-order valence-electron chi connectivity index (χ0n) is 19.1. The Kier molecular flexibility index (Phi) is 8.37. The second-order valence-corrected chi connectivity index (χ2v) is 9.79. The molecular weight excluding hydrogens is 473 g/mol. The Morgan fingerprint density at radius 1 is 1.18 bits per heavy atom. The van der Waals surface area contributed by atoms with E-state index in [1.54, 1.807) is 18.2 Å². The first-order chi connectivity index (χ1) is 16.4. The van der Waals surface area contributed by atoms with Gasteiger partial charge in [-0.25, -0.2) is 0 Å². The summed E-state index contributed by atoms with van der Waals surface area (Å²) in [5.74, 6) is 0.300. The van der Waals surface area contributed by atoms with E-state index in [1.165, 1.54) is 6.26 Å². The molecule has 2 heterocycles. The predicted molar refractivity (Wildman–Crippen MR) is 137 cm³/mol. The van der Waals surface area contributed by atoms with Crippen molar-refractivity contribution in [1.82, 2.24) is 10.2 Å².